The molecule has 0 unspecified atom stereocenters. The van der Waals surface area contributed by atoms with Crippen LogP contribution in [-0.4, -0.2) is 63.6 Å². The zero-order valence-electron chi connectivity index (χ0n) is 30.2. The number of amides is 2. The van der Waals surface area contributed by atoms with Crippen LogP contribution in [0, 0.1) is 47.4 Å². The molecule has 2 amide bonds. The summed E-state index contributed by atoms with van der Waals surface area (Å²) in [5.41, 5.74) is 3.85. The second-order valence-electron chi connectivity index (χ2n) is 11.3. The first-order valence-electron chi connectivity index (χ1n) is 17.7. The summed E-state index contributed by atoms with van der Waals surface area (Å²) in [6, 6.07) is 15.9. The largest absolute Gasteiger partial charge is 0.464 e. The number of carbonyl (C=O) groups is 4. The molecule has 0 heterocycles. The smallest absolute Gasteiger partial charge is 0.407 e. The molecular weight excluding hydrogens is 660 g/mol. The molecule has 0 aliphatic rings. The van der Waals surface area contributed by atoms with Crippen molar-refractivity contribution in [2.24, 2.45) is 0 Å². The third kappa shape index (κ3) is 21.3. The van der Waals surface area contributed by atoms with Gasteiger partial charge in [0, 0.05) is 24.0 Å². The zero-order chi connectivity index (χ0) is 37.5. The molecule has 10 nitrogen and oxygen atoms in total. The molecule has 2 rings (SSSR count). The van der Waals surface area contributed by atoms with E-state index in [1.165, 1.54) is 0 Å². The lowest BCUT2D eigenvalue weighted by Gasteiger charge is -2.06. The van der Waals surface area contributed by atoms with E-state index in [1.54, 1.807) is 0 Å². The second-order valence-corrected chi connectivity index (χ2v) is 11.3. The molecule has 0 aromatic heterocycles. The van der Waals surface area contributed by atoms with Gasteiger partial charge in [-0.1, -0.05) is 74.6 Å². The van der Waals surface area contributed by atoms with Crippen molar-refractivity contribution < 1.29 is 38.1 Å². The van der Waals surface area contributed by atoms with Crippen LogP contribution in [0.1, 0.15) is 89.2 Å². The average molecular weight is 709 g/mol. The Morgan fingerprint density at radius 1 is 0.500 bits per heavy atom. The Kier molecular flexibility index (Phi) is 22.7. The standard InChI is InChI=1S/C42H48N2O8/c1-3-5-29-49-39(45)33-43-41(47)51-31-17-13-9-7-11-15-19-35-21-25-37(26-22-35)38-27-23-36(24-28-38)20-16-12-8-10-14-18-32-52-42(48)44-34-40(46)50-30-6-4-2/h21-28H,3-6,9-10,13-14,17-18,29-34H2,1-2H3,(H,43,47)(H,44,48). The Hall–Kier alpha value is -5.84. The number of hydrogen-bond acceptors (Lipinski definition) is 8. The van der Waals surface area contributed by atoms with Crippen LogP contribution >= 0.6 is 0 Å². The third-order valence-electron chi connectivity index (χ3n) is 6.95. The fourth-order valence-corrected chi connectivity index (χ4v) is 4.03. The van der Waals surface area contributed by atoms with Crippen molar-refractivity contribution in [3.05, 3.63) is 59.7 Å². The lowest BCUT2D eigenvalue weighted by atomic mass is 10.0. The van der Waals surface area contributed by atoms with Gasteiger partial charge < -0.3 is 29.6 Å². The van der Waals surface area contributed by atoms with E-state index in [0.29, 0.717) is 38.9 Å². The first-order valence-corrected chi connectivity index (χ1v) is 17.7. The van der Waals surface area contributed by atoms with Gasteiger partial charge in [0.05, 0.1) is 26.4 Å². The van der Waals surface area contributed by atoms with Gasteiger partial charge in [0.2, 0.25) is 0 Å². The van der Waals surface area contributed by atoms with Crippen LogP contribution in [-0.2, 0) is 28.5 Å². The van der Waals surface area contributed by atoms with Crippen molar-refractivity contribution in [1.82, 2.24) is 10.6 Å². The Morgan fingerprint density at radius 2 is 0.885 bits per heavy atom. The lowest BCUT2D eigenvalue weighted by molar-refractivity contribution is -0.143. The number of esters is 2. The predicted octanol–water partition coefficient (Wildman–Crippen LogP) is 6.54. The van der Waals surface area contributed by atoms with E-state index >= 15 is 0 Å². The lowest BCUT2D eigenvalue weighted by Crippen LogP contribution is -2.31. The van der Waals surface area contributed by atoms with Gasteiger partial charge in [-0.25, -0.2) is 9.59 Å². The number of ether oxygens (including phenoxy) is 4. The van der Waals surface area contributed by atoms with E-state index in [0.717, 1.165) is 60.8 Å². The van der Waals surface area contributed by atoms with Crippen LogP contribution in [0.2, 0.25) is 0 Å². The summed E-state index contributed by atoms with van der Waals surface area (Å²) in [7, 11) is 0. The summed E-state index contributed by atoms with van der Waals surface area (Å²) in [5.74, 6) is 22.6. The number of alkyl carbamates (subject to hydrolysis) is 2. The van der Waals surface area contributed by atoms with Crippen molar-refractivity contribution in [2.75, 3.05) is 39.5 Å². The third-order valence-corrected chi connectivity index (χ3v) is 6.95. The summed E-state index contributed by atoms with van der Waals surface area (Å²) in [5, 5.41) is 4.75. The topological polar surface area (TPSA) is 129 Å². The molecule has 0 aliphatic carbocycles. The molecular formula is C42H48N2O8. The van der Waals surface area contributed by atoms with E-state index in [-0.39, 0.29) is 26.3 Å². The second kappa shape index (κ2) is 27.9. The molecule has 0 bridgehead atoms. The predicted molar refractivity (Wildman–Crippen MR) is 199 cm³/mol. The summed E-state index contributed by atoms with van der Waals surface area (Å²) in [4.78, 5) is 46.2. The van der Waals surface area contributed by atoms with Crippen molar-refractivity contribution in [1.29, 1.82) is 0 Å². The first kappa shape index (κ1) is 42.3. The first-order chi connectivity index (χ1) is 25.4. The molecule has 0 aliphatic heterocycles. The minimum Gasteiger partial charge on any atom is -0.464 e. The van der Waals surface area contributed by atoms with Crippen LogP contribution in [0.3, 0.4) is 0 Å². The maximum Gasteiger partial charge on any atom is 0.407 e. The Morgan fingerprint density at radius 3 is 1.27 bits per heavy atom. The molecule has 2 aromatic rings. The Bertz CT molecular complexity index is 1530. The van der Waals surface area contributed by atoms with Gasteiger partial charge in [-0.3, -0.25) is 9.59 Å². The highest BCUT2D eigenvalue weighted by Crippen LogP contribution is 2.20. The molecule has 0 spiro atoms. The average Bonchev–Trinajstić information content (AvgIpc) is 3.15. The molecule has 10 heteroatoms. The molecule has 2 N–H and O–H groups in total. The summed E-state index contributed by atoms with van der Waals surface area (Å²) < 4.78 is 20.0. The molecule has 0 saturated carbocycles. The van der Waals surface area contributed by atoms with Crippen molar-refractivity contribution in [3.63, 3.8) is 0 Å². The molecule has 0 saturated heterocycles. The van der Waals surface area contributed by atoms with Crippen LogP contribution in [0.5, 0.6) is 0 Å². The number of carbonyl (C=O) groups excluding carboxylic acids is 4. The maximum absolute atomic E-state index is 11.6. The van der Waals surface area contributed by atoms with Crippen LogP contribution in [0.4, 0.5) is 9.59 Å². The van der Waals surface area contributed by atoms with E-state index in [4.69, 9.17) is 18.9 Å². The SMILES string of the molecule is CCCCOC(=O)CNC(=O)OCCCCC#CC#Cc1ccc(-c2ccc(C#CC#CCCCCOC(=O)NCC(=O)OCCCC)cc2)cc1. The van der Waals surface area contributed by atoms with Gasteiger partial charge in [0.15, 0.2) is 0 Å². The summed E-state index contributed by atoms with van der Waals surface area (Å²) in [6.07, 6.45) is 6.27. The van der Waals surface area contributed by atoms with Crippen LogP contribution < -0.4 is 10.6 Å². The maximum atomic E-state index is 11.6. The number of rotatable bonds is 19. The highest BCUT2D eigenvalue weighted by molar-refractivity contribution is 5.78. The molecule has 52 heavy (non-hydrogen) atoms. The van der Waals surface area contributed by atoms with Crippen molar-refractivity contribution in [3.8, 4) is 58.5 Å². The Balaban J connectivity index is 1.60. The van der Waals surface area contributed by atoms with Crippen LogP contribution in [0.25, 0.3) is 11.1 Å². The van der Waals surface area contributed by atoms with E-state index in [2.05, 4.69) is 58.0 Å². The van der Waals surface area contributed by atoms with Crippen molar-refractivity contribution >= 4 is 24.1 Å². The van der Waals surface area contributed by atoms with Gasteiger partial charge >= 0.3 is 24.1 Å². The molecule has 0 fully saturated rings. The van der Waals surface area contributed by atoms with E-state index in [1.807, 2.05) is 62.4 Å². The van der Waals surface area contributed by atoms with E-state index < -0.39 is 24.1 Å². The van der Waals surface area contributed by atoms with E-state index in [9.17, 15) is 19.2 Å². The fraction of sp³-hybridized carbons (Fsp3) is 0.429. The molecule has 2 aromatic carbocycles. The Labute approximate surface area is 308 Å². The monoisotopic (exact) mass is 708 g/mol. The number of hydrogen-bond donors (Lipinski definition) is 2. The normalized spacial score (nSPS) is 9.50. The number of benzene rings is 2. The fourth-order valence-electron chi connectivity index (χ4n) is 4.03. The highest BCUT2D eigenvalue weighted by Gasteiger charge is 2.08. The minimum absolute atomic E-state index is 0.202. The van der Waals surface area contributed by atoms with Crippen molar-refractivity contribution in [2.45, 2.75) is 78.1 Å². The highest BCUT2D eigenvalue weighted by atomic mass is 16.6. The number of unbranched alkanes of at least 4 members (excludes halogenated alkanes) is 6. The summed E-state index contributed by atoms with van der Waals surface area (Å²) in [6.45, 7) is 4.79. The minimum atomic E-state index is -0.640. The van der Waals surface area contributed by atoms with Gasteiger partial charge in [0.1, 0.15) is 13.1 Å². The van der Waals surface area contributed by atoms with Gasteiger partial charge in [-0.05, 0) is 97.6 Å². The quantitative estimate of drug-likeness (QED) is 0.0729. The van der Waals surface area contributed by atoms with Crippen LogP contribution in [0.15, 0.2) is 48.5 Å². The number of nitrogens with one attached hydrogen (secondary N) is 2. The molecule has 274 valence electrons. The van der Waals surface area contributed by atoms with Gasteiger partial charge in [-0.15, -0.1) is 0 Å². The zero-order valence-corrected chi connectivity index (χ0v) is 30.2. The van der Waals surface area contributed by atoms with Gasteiger partial charge in [-0.2, -0.15) is 0 Å². The summed E-state index contributed by atoms with van der Waals surface area (Å²) >= 11 is 0. The molecule has 0 atom stereocenters. The molecule has 0 radical (unpaired) electrons. The van der Waals surface area contributed by atoms with Gasteiger partial charge in [0.25, 0.3) is 0 Å².